The Labute approximate surface area is 114 Å². The van der Waals surface area contributed by atoms with E-state index in [0.717, 1.165) is 12.1 Å². The van der Waals surface area contributed by atoms with E-state index in [-0.39, 0.29) is 18.6 Å². The van der Waals surface area contributed by atoms with E-state index >= 15 is 0 Å². The summed E-state index contributed by atoms with van der Waals surface area (Å²) in [6, 6.07) is 5.78. The molecule has 106 valence electrons. The number of likely N-dealkylation sites (N-methyl/N-ethyl adjacent to an activating group) is 1. The highest BCUT2D eigenvalue weighted by Crippen LogP contribution is 2.29. The molecule has 1 rings (SSSR count). The van der Waals surface area contributed by atoms with Gasteiger partial charge in [-0.3, -0.25) is 4.79 Å². The van der Waals surface area contributed by atoms with Crippen molar-refractivity contribution in [2.75, 3.05) is 27.3 Å². The van der Waals surface area contributed by atoms with Gasteiger partial charge in [-0.2, -0.15) is 0 Å². The van der Waals surface area contributed by atoms with Gasteiger partial charge in [-0.05, 0) is 19.5 Å². The lowest BCUT2D eigenvalue weighted by Crippen LogP contribution is -2.25. The fourth-order valence-corrected chi connectivity index (χ4v) is 1.76. The van der Waals surface area contributed by atoms with Gasteiger partial charge in [0.15, 0.2) is 6.61 Å². The minimum Gasteiger partial charge on any atom is -0.497 e. The van der Waals surface area contributed by atoms with Crippen molar-refractivity contribution < 1.29 is 14.3 Å². The van der Waals surface area contributed by atoms with Gasteiger partial charge in [0.2, 0.25) is 0 Å². The van der Waals surface area contributed by atoms with Crippen molar-refractivity contribution >= 4 is 5.91 Å². The third-order valence-corrected chi connectivity index (χ3v) is 2.84. The fourth-order valence-electron chi connectivity index (χ4n) is 1.76. The predicted octanol–water partition coefficient (Wildman–Crippen LogP) is 1.49. The van der Waals surface area contributed by atoms with Crippen LogP contribution in [0.3, 0.4) is 0 Å². The summed E-state index contributed by atoms with van der Waals surface area (Å²) in [7, 11) is 3.19. The van der Waals surface area contributed by atoms with Crippen LogP contribution in [0.1, 0.15) is 25.5 Å². The molecule has 0 aromatic heterocycles. The molecule has 5 heteroatoms. The van der Waals surface area contributed by atoms with Crippen molar-refractivity contribution in [2.24, 2.45) is 0 Å². The summed E-state index contributed by atoms with van der Waals surface area (Å²) in [5.74, 6) is 1.21. The first kappa shape index (κ1) is 15.3. The number of carbonyl (C=O) groups is 1. The molecule has 0 bridgehead atoms. The standard InChI is InChI=1S/C14H22N2O3/c1-5-16-10(2)12-7-6-11(18-4)8-13(12)19-9-14(17)15-3/h6-8,10,16H,5,9H2,1-4H3,(H,15,17). The second kappa shape index (κ2) is 7.63. The number of ether oxygens (including phenoxy) is 2. The van der Waals surface area contributed by atoms with Gasteiger partial charge in [-0.1, -0.05) is 13.0 Å². The Bertz CT molecular complexity index is 421. The summed E-state index contributed by atoms with van der Waals surface area (Å²) >= 11 is 0. The average Bonchev–Trinajstić information content (AvgIpc) is 2.44. The number of rotatable bonds is 7. The summed E-state index contributed by atoms with van der Waals surface area (Å²) in [4.78, 5) is 11.3. The minimum absolute atomic E-state index is 0.00445. The first-order chi connectivity index (χ1) is 9.12. The lowest BCUT2D eigenvalue weighted by atomic mass is 10.1. The van der Waals surface area contributed by atoms with Crippen LogP contribution in [-0.2, 0) is 4.79 Å². The molecule has 0 saturated heterocycles. The summed E-state index contributed by atoms with van der Waals surface area (Å²) in [5.41, 5.74) is 1.01. The fraction of sp³-hybridized carbons (Fsp3) is 0.500. The molecule has 1 aromatic carbocycles. The Morgan fingerprint density at radius 2 is 2.16 bits per heavy atom. The zero-order valence-corrected chi connectivity index (χ0v) is 11.9. The molecule has 0 fully saturated rings. The maximum absolute atomic E-state index is 11.3. The van der Waals surface area contributed by atoms with E-state index in [4.69, 9.17) is 9.47 Å². The summed E-state index contributed by atoms with van der Waals surface area (Å²) in [6.07, 6.45) is 0. The van der Waals surface area contributed by atoms with Crippen LogP contribution in [0.2, 0.25) is 0 Å². The number of carbonyl (C=O) groups excluding carboxylic acids is 1. The molecule has 2 N–H and O–H groups in total. The van der Waals surface area contributed by atoms with Gasteiger partial charge in [-0.25, -0.2) is 0 Å². The monoisotopic (exact) mass is 266 g/mol. The molecule has 0 aliphatic rings. The van der Waals surface area contributed by atoms with E-state index in [1.54, 1.807) is 20.2 Å². The van der Waals surface area contributed by atoms with Crippen molar-refractivity contribution in [3.05, 3.63) is 23.8 Å². The van der Waals surface area contributed by atoms with Crippen molar-refractivity contribution in [2.45, 2.75) is 19.9 Å². The largest absolute Gasteiger partial charge is 0.497 e. The Hall–Kier alpha value is -1.75. The Balaban J connectivity index is 2.91. The molecule has 0 saturated carbocycles. The molecule has 1 atom stereocenters. The molecule has 19 heavy (non-hydrogen) atoms. The second-order valence-electron chi connectivity index (χ2n) is 4.14. The molecule has 5 nitrogen and oxygen atoms in total. The molecular formula is C14H22N2O3. The minimum atomic E-state index is -0.162. The van der Waals surface area contributed by atoms with Crippen LogP contribution < -0.4 is 20.1 Å². The molecule has 0 aliphatic heterocycles. The van der Waals surface area contributed by atoms with Crippen LogP contribution in [0, 0.1) is 0 Å². The number of nitrogens with one attached hydrogen (secondary N) is 2. The summed E-state index contributed by atoms with van der Waals surface area (Å²) < 4.78 is 10.7. The van der Waals surface area contributed by atoms with E-state index in [2.05, 4.69) is 17.6 Å². The summed E-state index contributed by atoms with van der Waals surface area (Å²) in [5, 5.41) is 5.85. The molecule has 1 unspecified atom stereocenters. The molecule has 0 aliphatic carbocycles. The smallest absolute Gasteiger partial charge is 0.257 e. The van der Waals surface area contributed by atoms with Crippen LogP contribution in [0.25, 0.3) is 0 Å². The van der Waals surface area contributed by atoms with E-state index in [0.29, 0.717) is 11.5 Å². The normalized spacial score (nSPS) is 11.8. The second-order valence-corrected chi connectivity index (χ2v) is 4.14. The van der Waals surface area contributed by atoms with Crippen molar-refractivity contribution in [3.8, 4) is 11.5 Å². The predicted molar refractivity (Wildman–Crippen MR) is 74.6 cm³/mol. The van der Waals surface area contributed by atoms with E-state index in [9.17, 15) is 4.79 Å². The first-order valence-electron chi connectivity index (χ1n) is 6.37. The van der Waals surface area contributed by atoms with Crippen molar-refractivity contribution in [3.63, 3.8) is 0 Å². The lowest BCUT2D eigenvalue weighted by Gasteiger charge is -2.18. The van der Waals surface area contributed by atoms with Gasteiger partial charge < -0.3 is 20.1 Å². The van der Waals surface area contributed by atoms with Gasteiger partial charge in [0.25, 0.3) is 5.91 Å². The highest BCUT2D eigenvalue weighted by molar-refractivity contribution is 5.77. The van der Waals surface area contributed by atoms with Gasteiger partial charge >= 0.3 is 0 Å². The number of amides is 1. The average molecular weight is 266 g/mol. The number of methoxy groups -OCH3 is 1. The van der Waals surface area contributed by atoms with Crippen LogP contribution in [-0.4, -0.2) is 33.2 Å². The molecular weight excluding hydrogens is 244 g/mol. The van der Waals surface area contributed by atoms with Crippen molar-refractivity contribution in [1.82, 2.24) is 10.6 Å². The molecule has 1 aromatic rings. The van der Waals surface area contributed by atoms with Gasteiger partial charge in [0.1, 0.15) is 11.5 Å². The van der Waals surface area contributed by atoms with Crippen molar-refractivity contribution in [1.29, 1.82) is 0 Å². The third kappa shape index (κ3) is 4.44. The van der Waals surface area contributed by atoms with Gasteiger partial charge in [0, 0.05) is 24.7 Å². The number of hydrogen-bond acceptors (Lipinski definition) is 4. The van der Waals surface area contributed by atoms with E-state index < -0.39 is 0 Å². The lowest BCUT2D eigenvalue weighted by molar-refractivity contribution is -0.122. The number of hydrogen-bond donors (Lipinski definition) is 2. The van der Waals surface area contributed by atoms with Gasteiger partial charge in [0.05, 0.1) is 7.11 Å². The van der Waals surface area contributed by atoms with Crippen LogP contribution in [0.4, 0.5) is 0 Å². The highest BCUT2D eigenvalue weighted by atomic mass is 16.5. The third-order valence-electron chi connectivity index (χ3n) is 2.84. The van der Waals surface area contributed by atoms with Crippen LogP contribution >= 0.6 is 0 Å². The topological polar surface area (TPSA) is 59.6 Å². The quantitative estimate of drug-likeness (QED) is 0.785. The Morgan fingerprint density at radius 1 is 1.42 bits per heavy atom. The number of benzene rings is 1. The highest BCUT2D eigenvalue weighted by Gasteiger charge is 2.13. The van der Waals surface area contributed by atoms with Gasteiger partial charge in [-0.15, -0.1) is 0 Å². The molecule has 0 heterocycles. The molecule has 1 amide bonds. The first-order valence-corrected chi connectivity index (χ1v) is 6.37. The zero-order valence-electron chi connectivity index (χ0n) is 11.9. The Kier molecular flexibility index (Phi) is 6.15. The van der Waals surface area contributed by atoms with E-state index in [1.165, 1.54) is 0 Å². The zero-order chi connectivity index (χ0) is 14.3. The maximum atomic E-state index is 11.3. The maximum Gasteiger partial charge on any atom is 0.257 e. The Morgan fingerprint density at radius 3 is 2.74 bits per heavy atom. The van der Waals surface area contributed by atoms with Crippen LogP contribution in [0.5, 0.6) is 11.5 Å². The molecule has 0 spiro atoms. The molecule has 0 radical (unpaired) electrons. The van der Waals surface area contributed by atoms with E-state index in [1.807, 2.05) is 19.1 Å². The SMILES string of the molecule is CCNC(C)c1ccc(OC)cc1OCC(=O)NC. The summed E-state index contributed by atoms with van der Waals surface area (Å²) in [6.45, 7) is 4.96. The van der Waals surface area contributed by atoms with Crippen LogP contribution in [0.15, 0.2) is 18.2 Å².